The highest BCUT2D eigenvalue weighted by Crippen LogP contribution is 2.23. The smallest absolute Gasteiger partial charge is 0.244 e. The second-order valence-corrected chi connectivity index (χ2v) is 9.94. The number of sulfonamides is 1. The number of aryl methyl sites for hydroxylation is 2. The number of hydrogen-bond donors (Lipinski definition) is 1. The number of rotatable bonds is 10. The molecule has 0 aliphatic carbocycles. The number of hydrogen-bond acceptors (Lipinski definition) is 4. The van der Waals surface area contributed by atoms with Crippen molar-refractivity contribution in [3.8, 4) is 0 Å². The third kappa shape index (κ3) is 6.82. The number of para-hydroxylation sites is 1. The van der Waals surface area contributed by atoms with Crippen molar-refractivity contribution in [2.45, 2.75) is 46.7 Å². The lowest BCUT2D eigenvalue weighted by molar-refractivity contribution is -0.139. The minimum Gasteiger partial charge on any atom is -0.354 e. The van der Waals surface area contributed by atoms with Gasteiger partial charge in [0, 0.05) is 13.1 Å². The van der Waals surface area contributed by atoms with Crippen LogP contribution in [0.5, 0.6) is 0 Å². The van der Waals surface area contributed by atoms with Gasteiger partial charge in [-0.1, -0.05) is 55.0 Å². The zero-order valence-corrected chi connectivity index (χ0v) is 20.3. The summed E-state index contributed by atoms with van der Waals surface area (Å²) in [4.78, 5) is 27.5. The third-order valence-electron chi connectivity index (χ3n) is 5.22. The molecule has 0 spiro atoms. The fraction of sp³-hybridized carbons (Fsp3) is 0.417. The Bertz CT molecular complexity index is 1050. The third-order valence-corrected chi connectivity index (χ3v) is 6.34. The van der Waals surface area contributed by atoms with Crippen molar-refractivity contribution in [2.24, 2.45) is 0 Å². The van der Waals surface area contributed by atoms with Crippen LogP contribution in [0.3, 0.4) is 0 Å². The summed E-state index contributed by atoms with van der Waals surface area (Å²) in [5.41, 5.74) is 3.09. The van der Waals surface area contributed by atoms with Crippen LogP contribution in [0.25, 0.3) is 0 Å². The molecule has 0 fully saturated rings. The van der Waals surface area contributed by atoms with E-state index in [2.05, 4.69) is 5.32 Å². The Kier molecular flexibility index (Phi) is 8.83. The van der Waals surface area contributed by atoms with Crippen LogP contribution >= 0.6 is 0 Å². The molecular weight excluding hydrogens is 426 g/mol. The Balaban J connectivity index is 2.38. The number of nitrogens with zero attached hydrogens (tertiary/aromatic N) is 2. The second kappa shape index (κ2) is 11.1. The van der Waals surface area contributed by atoms with Gasteiger partial charge >= 0.3 is 0 Å². The SMILES string of the molecule is CCCNC(=O)[C@H](C)N(Cc1cccc(C)c1)C(=O)CN(c1ccccc1C)S(C)(=O)=O. The van der Waals surface area contributed by atoms with Crippen LogP contribution in [0, 0.1) is 13.8 Å². The lowest BCUT2D eigenvalue weighted by atomic mass is 10.1. The van der Waals surface area contributed by atoms with Gasteiger partial charge in [-0.15, -0.1) is 0 Å². The summed E-state index contributed by atoms with van der Waals surface area (Å²) in [5.74, 6) is -0.714. The molecule has 0 saturated heterocycles. The van der Waals surface area contributed by atoms with E-state index in [0.717, 1.165) is 33.7 Å². The molecule has 0 radical (unpaired) electrons. The molecule has 7 nitrogen and oxygen atoms in total. The van der Waals surface area contributed by atoms with Gasteiger partial charge in [0.05, 0.1) is 11.9 Å². The Morgan fingerprint density at radius 1 is 1.06 bits per heavy atom. The number of benzene rings is 2. The van der Waals surface area contributed by atoms with E-state index in [0.29, 0.717) is 12.2 Å². The van der Waals surface area contributed by atoms with Crippen LogP contribution < -0.4 is 9.62 Å². The average molecular weight is 460 g/mol. The van der Waals surface area contributed by atoms with Crippen molar-refractivity contribution in [1.29, 1.82) is 0 Å². The van der Waals surface area contributed by atoms with E-state index in [4.69, 9.17) is 0 Å². The maximum absolute atomic E-state index is 13.4. The standard InChI is InChI=1S/C24H33N3O4S/c1-6-14-25-24(29)20(4)26(16-21-12-9-10-18(2)15-21)23(28)17-27(32(5,30)31)22-13-8-7-11-19(22)3/h7-13,15,20H,6,14,16-17H2,1-5H3,(H,25,29)/t20-/m0/s1. The maximum atomic E-state index is 13.4. The minimum atomic E-state index is -3.72. The highest BCUT2D eigenvalue weighted by atomic mass is 32.2. The van der Waals surface area contributed by atoms with Gasteiger partial charge in [-0.3, -0.25) is 13.9 Å². The largest absolute Gasteiger partial charge is 0.354 e. The molecule has 2 rings (SSSR count). The van der Waals surface area contributed by atoms with Gasteiger partial charge in [0.1, 0.15) is 12.6 Å². The summed E-state index contributed by atoms with van der Waals surface area (Å²) < 4.78 is 26.2. The molecule has 0 heterocycles. The van der Waals surface area contributed by atoms with Gasteiger partial charge in [0.2, 0.25) is 21.8 Å². The first-order valence-corrected chi connectivity index (χ1v) is 12.6. The Morgan fingerprint density at radius 3 is 2.34 bits per heavy atom. The molecule has 2 aromatic rings. The van der Waals surface area contributed by atoms with E-state index in [1.807, 2.05) is 44.2 Å². The monoisotopic (exact) mass is 459 g/mol. The quantitative estimate of drug-likeness (QED) is 0.592. The van der Waals surface area contributed by atoms with Crippen molar-refractivity contribution in [2.75, 3.05) is 23.7 Å². The summed E-state index contributed by atoms with van der Waals surface area (Å²) in [6.07, 6.45) is 1.86. The molecule has 0 aromatic heterocycles. The predicted molar refractivity (Wildman–Crippen MR) is 128 cm³/mol. The van der Waals surface area contributed by atoms with E-state index >= 15 is 0 Å². The molecule has 0 bridgehead atoms. The van der Waals surface area contributed by atoms with Crippen molar-refractivity contribution in [1.82, 2.24) is 10.2 Å². The second-order valence-electron chi connectivity index (χ2n) is 8.03. The van der Waals surface area contributed by atoms with Crippen molar-refractivity contribution < 1.29 is 18.0 Å². The van der Waals surface area contributed by atoms with Gasteiger partial charge in [0.25, 0.3) is 0 Å². The highest BCUT2D eigenvalue weighted by Gasteiger charge is 2.30. The zero-order valence-electron chi connectivity index (χ0n) is 19.5. The minimum absolute atomic E-state index is 0.201. The molecule has 174 valence electrons. The summed E-state index contributed by atoms with van der Waals surface area (Å²) in [5, 5.41) is 2.82. The van der Waals surface area contributed by atoms with Crippen molar-refractivity contribution in [3.63, 3.8) is 0 Å². The maximum Gasteiger partial charge on any atom is 0.244 e. The zero-order chi connectivity index (χ0) is 23.9. The Morgan fingerprint density at radius 2 is 1.75 bits per heavy atom. The molecule has 0 unspecified atom stereocenters. The molecule has 8 heteroatoms. The Labute approximate surface area is 191 Å². The molecule has 0 saturated carbocycles. The predicted octanol–water partition coefficient (Wildman–Crippen LogP) is 3.01. The lowest BCUT2D eigenvalue weighted by Crippen LogP contribution is -2.51. The van der Waals surface area contributed by atoms with Crippen molar-refractivity contribution in [3.05, 3.63) is 65.2 Å². The molecule has 0 aliphatic heterocycles. The van der Waals surface area contributed by atoms with Crippen molar-refractivity contribution >= 4 is 27.5 Å². The number of anilines is 1. The van der Waals surface area contributed by atoms with Gasteiger partial charge in [-0.25, -0.2) is 8.42 Å². The Hall–Kier alpha value is -2.87. The van der Waals surface area contributed by atoms with E-state index in [9.17, 15) is 18.0 Å². The number of nitrogens with one attached hydrogen (secondary N) is 1. The van der Waals surface area contributed by atoms with Crippen LogP contribution in [-0.2, 0) is 26.2 Å². The molecule has 1 atom stereocenters. The van der Waals surface area contributed by atoms with Gasteiger partial charge in [-0.05, 0) is 44.4 Å². The first kappa shape index (κ1) is 25.4. The van der Waals surface area contributed by atoms with E-state index < -0.39 is 22.0 Å². The topological polar surface area (TPSA) is 86.8 Å². The molecule has 0 aliphatic rings. The van der Waals surface area contributed by atoms with Crippen LogP contribution in [0.2, 0.25) is 0 Å². The van der Waals surface area contributed by atoms with E-state index in [-0.39, 0.29) is 19.0 Å². The first-order chi connectivity index (χ1) is 15.0. The summed E-state index contributed by atoms with van der Waals surface area (Å²) in [7, 11) is -3.72. The molecule has 32 heavy (non-hydrogen) atoms. The molecular formula is C24H33N3O4S. The average Bonchev–Trinajstić information content (AvgIpc) is 2.73. The summed E-state index contributed by atoms with van der Waals surface area (Å²) in [6.45, 7) is 7.69. The number of amides is 2. The number of carbonyl (C=O) groups is 2. The van der Waals surface area contributed by atoms with Gasteiger partial charge in [0.15, 0.2) is 0 Å². The number of carbonyl (C=O) groups excluding carboxylic acids is 2. The first-order valence-electron chi connectivity index (χ1n) is 10.7. The lowest BCUT2D eigenvalue weighted by Gasteiger charge is -2.32. The van der Waals surface area contributed by atoms with Crippen LogP contribution in [0.1, 0.15) is 37.0 Å². The fourth-order valence-electron chi connectivity index (χ4n) is 3.42. The highest BCUT2D eigenvalue weighted by molar-refractivity contribution is 7.92. The fourth-order valence-corrected chi connectivity index (χ4v) is 4.33. The van der Waals surface area contributed by atoms with Gasteiger partial charge < -0.3 is 10.2 Å². The normalized spacial score (nSPS) is 12.2. The van der Waals surface area contributed by atoms with Crippen LogP contribution in [0.15, 0.2) is 48.5 Å². The van der Waals surface area contributed by atoms with E-state index in [1.165, 1.54) is 4.90 Å². The van der Waals surface area contributed by atoms with E-state index in [1.54, 1.807) is 32.0 Å². The van der Waals surface area contributed by atoms with Gasteiger partial charge in [-0.2, -0.15) is 0 Å². The molecule has 2 amide bonds. The summed E-state index contributed by atoms with van der Waals surface area (Å²) >= 11 is 0. The van der Waals surface area contributed by atoms with Crippen LogP contribution in [0.4, 0.5) is 5.69 Å². The molecule has 1 N–H and O–H groups in total. The summed E-state index contributed by atoms with van der Waals surface area (Å²) in [6, 6.07) is 13.9. The van der Waals surface area contributed by atoms with Crippen LogP contribution in [-0.4, -0.2) is 50.5 Å². The molecule has 2 aromatic carbocycles.